The van der Waals surface area contributed by atoms with E-state index in [4.69, 9.17) is 15.2 Å². The molecule has 0 bridgehead atoms. The van der Waals surface area contributed by atoms with Crippen LogP contribution in [0.3, 0.4) is 0 Å². The molecule has 1 fully saturated rings. The van der Waals surface area contributed by atoms with Gasteiger partial charge in [-0.05, 0) is 12.8 Å². The van der Waals surface area contributed by atoms with Crippen LogP contribution in [-0.4, -0.2) is 81.6 Å². The SMILES string of the molecule is CCCCCCCCCCCCCC=CC(O)C(N)COC1OC(CO)[C@H](O)[C@@H](O)C1O. The molecular formula is C24H47NO7. The Morgan fingerprint density at radius 2 is 1.44 bits per heavy atom. The molecule has 5 unspecified atom stereocenters. The van der Waals surface area contributed by atoms with E-state index in [-0.39, 0.29) is 6.61 Å². The van der Waals surface area contributed by atoms with Crippen LogP contribution in [0.5, 0.6) is 0 Å². The number of unbranched alkanes of at least 4 members (excludes halogenated alkanes) is 11. The van der Waals surface area contributed by atoms with Crippen molar-refractivity contribution in [1.82, 2.24) is 0 Å². The van der Waals surface area contributed by atoms with Crippen LogP contribution in [-0.2, 0) is 9.47 Å². The third kappa shape index (κ3) is 11.5. The molecule has 0 aliphatic carbocycles. The lowest BCUT2D eigenvalue weighted by molar-refractivity contribution is -0.302. The number of hydrogen-bond acceptors (Lipinski definition) is 8. The molecule has 1 aliphatic heterocycles. The Kier molecular flexibility index (Phi) is 16.4. The Morgan fingerprint density at radius 1 is 0.875 bits per heavy atom. The summed E-state index contributed by atoms with van der Waals surface area (Å²) >= 11 is 0. The summed E-state index contributed by atoms with van der Waals surface area (Å²) in [5.74, 6) is 0. The molecule has 0 saturated carbocycles. The minimum Gasteiger partial charge on any atom is -0.394 e. The van der Waals surface area contributed by atoms with Crippen LogP contribution in [0.2, 0.25) is 0 Å². The molecule has 1 saturated heterocycles. The van der Waals surface area contributed by atoms with Gasteiger partial charge in [-0.3, -0.25) is 0 Å². The van der Waals surface area contributed by atoms with E-state index in [2.05, 4.69) is 6.92 Å². The van der Waals surface area contributed by atoms with Crippen molar-refractivity contribution in [3.63, 3.8) is 0 Å². The van der Waals surface area contributed by atoms with Gasteiger partial charge in [-0.15, -0.1) is 0 Å². The lowest BCUT2D eigenvalue weighted by Crippen LogP contribution is -2.59. The first-order valence-corrected chi connectivity index (χ1v) is 12.4. The minimum absolute atomic E-state index is 0.118. The minimum atomic E-state index is -1.50. The van der Waals surface area contributed by atoms with E-state index in [1.54, 1.807) is 6.08 Å². The Hall–Kier alpha value is -0.580. The number of rotatable bonds is 18. The average molecular weight is 462 g/mol. The summed E-state index contributed by atoms with van der Waals surface area (Å²) in [4.78, 5) is 0. The fourth-order valence-corrected chi connectivity index (χ4v) is 3.81. The summed E-state index contributed by atoms with van der Waals surface area (Å²) in [6.45, 7) is 1.60. The van der Waals surface area contributed by atoms with Gasteiger partial charge in [-0.2, -0.15) is 0 Å². The first-order valence-electron chi connectivity index (χ1n) is 12.4. The fraction of sp³-hybridized carbons (Fsp3) is 0.917. The van der Waals surface area contributed by atoms with E-state index in [1.165, 1.54) is 64.2 Å². The first-order chi connectivity index (χ1) is 15.4. The zero-order valence-corrected chi connectivity index (χ0v) is 19.7. The van der Waals surface area contributed by atoms with Gasteiger partial charge in [-0.1, -0.05) is 83.3 Å². The van der Waals surface area contributed by atoms with Gasteiger partial charge >= 0.3 is 0 Å². The third-order valence-electron chi connectivity index (χ3n) is 6.05. The number of allylic oxidation sites excluding steroid dienone is 1. The second-order valence-corrected chi connectivity index (χ2v) is 8.94. The Balaban J connectivity index is 2.10. The smallest absolute Gasteiger partial charge is 0.186 e. The summed E-state index contributed by atoms with van der Waals surface area (Å²) in [7, 11) is 0. The lowest BCUT2D eigenvalue weighted by atomic mass is 9.99. The molecule has 0 aromatic carbocycles. The Labute approximate surface area is 193 Å². The quantitative estimate of drug-likeness (QED) is 0.134. The number of hydrogen-bond donors (Lipinski definition) is 6. The number of ether oxygens (including phenoxy) is 2. The van der Waals surface area contributed by atoms with Crippen molar-refractivity contribution in [3.05, 3.63) is 12.2 Å². The van der Waals surface area contributed by atoms with Gasteiger partial charge in [0.15, 0.2) is 6.29 Å². The molecule has 32 heavy (non-hydrogen) atoms. The van der Waals surface area contributed by atoms with Crippen LogP contribution in [0.4, 0.5) is 0 Å². The maximum Gasteiger partial charge on any atom is 0.186 e. The van der Waals surface area contributed by atoms with E-state index < -0.39 is 49.5 Å². The second-order valence-electron chi connectivity index (χ2n) is 8.94. The van der Waals surface area contributed by atoms with Crippen molar-refractivity contribution >= 4 is 0 Å². The molecule has 0 spiro atoms. The normalized spacial score (nSPS) is 28.3. The molecule has 1 rings (SSSR count). The van der Waals surface area contributed by atoms with Gasteiger partial charge in [0, 0.05) is 0 Å². The van der Waals surface area contributed by atoms with Crippen LogP contribution in [0.25, 0.3) is 0 Å². The predicted molar refractivity (Wildman–Crippen MR) is 124 cm³/mol. The summed E-state index contributed by atoms with van der Waals surface area (Å²) < 4.78 is 10.6. The van der Waals surface area contributed by atoms with Gasteiger partial charge in [0.2, 0.25) is 0 Å². The highest BCUT2D eigenvalue weighted by Crippen LogP contribution is 2.22. The van der Waals surface area contributed by atoms with Crippen LogP contribution in [0, 0.1) is 0 Å². The predicted octanol–water partition coefficient (Wildman–Crippen LogP) is 1.75. The molecule has 8 nitrogen and oxygen atoms in total. The van der Waals surface area contributed by atoms with Gasteiger partial charge in [0.1, 0.15) is 24.4 Å². The Bertz CT molecular complexity index is 477. The molecule has 1 aliphatic rings. The highest BCUT2D eigenvalue weighted by Gasteiger charge is 2.44. The van der Waals surface area contributed by atoms with Crippen molar-refractivity contribution in [1.29, 1.82) is 0 Å². The summed E-state index contributed by atoms with van der Waals surface area (Å²) in [5, 5.41) is 48.8. The van der Waals surface area contributed by atoms with E-state index in [9.17, 15) is 25.5 Å². The van der Waals surface area contributed by atoms with E-state index >= 15 is 0 Å². The Morgan fingerprint density at radius 3 is 2.00 bits per heavy atom. The first kappa shape index (κ1) is 29.5. The monoisotopic (exact) mass is 461 g/mol. The zero-order chi connectivity index (χ0) is 23.8. The van der Waals surface area contributed by atoms with Crippen LogP contribution >= 0.6 is 0 Å². The lowest BCUT2D eigenvalue weighted by Gasteiger charge is -2.39. The molecule has 0 radical (unpaired) electrons. The molecule has 7 atom stereocenters. The van der Waals surface area contributed by atoms with E-state index in [0.29, 0.717) is 0 Å². The van der Waals surface area contributed by atoms with Crippen LogP contribution in [0.15, 0.2) is 12.2 Å². The number of aliphatic hydroxyl groups is 5. The summed E-state index contributed by atoms with van der Waals surface area (Å²) in [6.07, 6.45) is 11.1. The highest BCUT2D eigenvalue weighted by molar-refractivity contribution is 4.94. The van der Waals surface area contributed by atoms with Gasteiger partial charge in [0.05, 0.1) is 25.4 Å². The van der Waals surface area contributed by atoms with Crippen molar-refractivity contribution in [2.24, 2.45) is 5.73 Å². The van der Waals surface area contributed by atoms with E-state index in [1.807, 2.05) is 6.08 Å². The molecule has 190 valence electrons. The molecule has 1 heterocycles. The average Bonchev–Trinajstić information content (AvgIpc) is 2.79. The maximum atomic E-state index is 10.2. The topological polar surface area (TPSA) is 146 Å². The van der Waals surface area contributed by atoms with Crippen LogP contribution in [0.1, 0.15) is 84.0 Å². The number of aliphatic hydroxyl groups excluding tert-OH is 5. The zero-order valence-electron chi connectivity index (χ0n) is 19.7. The molecule has 0 amide bonds. The van der Waals surface area contributed by atoms with Crippen LogP contribution < -0.4 is 5.73 Å². The standard InChI is InChI=1S/C24H47NO7/c1-2-3-4-5-6-7-8-9-10-11-12-13-14-15-19(27)18(25)17-31-24-23(30)22(29)21(28)20(16-26)32-24/h14-15,18-24,26-30H,2-13,16-17,25H2,1H3/t18?,19?,20?,21-,22+,23?,24?/m0/s1. The number of nitrogens with two attached hydrogens (primary N) is 1. The summed E-state index contributed by atoms with van der Waals surface area (Å²) in [6, 6.07) is -0.740. The fourth-order valence-electron chi connectivity index (χ4n) is 3.81. The van der Waals surface area contributed by atoms with Crippen molar-refractivity contribution in [3.8, 4) is 0 Å². The molecule has 8 heteroatoms. The van der Waals surface area contributed by atoms with Crippen molar-refractivity contribution in [2.45, 2.75) is 127 Å². The largest absolute Gasteiger partial charge is 0.394 e. The highest BCUT2D eigenvalue weighted by atomic mass is 16.7. The van der Waals surface area contributed by atoms with E-state index in [0.717, 1.165) is 12.8 Å². The third-order valence-corrected chi connectivity index (χ3v) is 6.05. The summed E-state index contributed by atoms with van der Waals surface area (Å²) in [5.41, 5.74) is 5.93. The van der Waals surface area contributed by atoms with Gasteiger partial charge < -0.3 is 40.7 Å². The van der Waals surface area contributed by atoms with Crippen molar-refractivity contribution in [2.75, 3.05) is 13.2 Å². The molecular weight excluding hydrogens is 414 g/mol. The van der Waals surface area contributed by atoms with Crippen molar-refractivity contribution < 1.29 is 35.0 Å². The van der Waals surface area contributed by atoms with Gasteiger partial charge in [-0.25, -0.2) is 0 Å². The molecule has 7 N–H and O–H groups in total. The molecule has 0 aromatic heterocycles. The van der Waals surface area contributed by atoms with Gasteiger partial charge in [0.25, 0.3) is 0 Å². The maximum absolute atomic E-state index is 10.2. The molecule has 0 aromatic rings. The second kappa shape index (κ2) is 17.8.